The van der Waals surface area contributed by atoms with Gasteiger partial charge in [0.25, 0.3) is 0 Å². The van der Waals surface area contributed by atoms with Crippen LogP contribution in [-0.2, 0) is 16.0 Å². The van der Waals surface area contributed by atoms with Crippen molar-refractivity contribution in [3.05, 3.63) is 45.0 Å². The first-order chi connectivity index (χ1) is 12.5. The van der Waals surface area contributed by atoms with Gasteiger partial charge in [-0.3, -0.25) is 9.89 Å². The Morgan fingerprint density at radius 2 is 1.78 bits per heavy atom. The van der Waals surface area contributed by atoms with Crippen LogP contribution < -0.4 is 5.43 Å². The van der Waals surface area contributed by atoms with Crippen LogP contribution in [0.15, 0.2) is 27.9 Å². The Labute approximate surface area is 156 Å². The Hall–Kier alpha value is -1.94. The molecule has 1 aromatic heterocycles. The third-order valence-corrected chi connectivity index (χ3v) is 7.15. The van der Waals surface area contributed by atoms with E-state index >= 15 is 0 Å². The number of rotatable bonds is 3. The predicted molar refractivity (Wildman–Crippen MR) is 89.7 cm³/mol. The largest absolute Gasteiger partial charge is 0.432 e. The van der Waals surface area contributed by atoms with E-state index in [1.165, 1.54) is 0 Å². The Kier molecular flexibility index (Phi) is 5.06. The van der Waals surface area contributed by atoms with Gasteiger partial charge in [-0.2, -0.15) is 18.3 Å². The van der Waals surface area contributed by atoms with Gasteiger partial charge in [0.2, 0.25) is 5.43 Å². The van der Waals surface area contributed by atoms with Gasteiger partial charge in [-0.15, -0.1) is 0 Å². The fraction of sp³-hybridized carbons (Fsp3) is 0.375. The highest BCUT2D eigenvalue weighted by Gasteiger charge is 2.34. The van der Waals surface area contributed by atoms with Gasteiger partial charge in [-0.1, -0.05) is 24.4 Å². The van der Waals surface area contributed by atoms with E-state index in [4.69, 9.17) is 11.6 Å². The summed E-state index contributed by atoms with van der Waals surface area (Å²) >= 11 is 5.90. The standard InChI is InChI=1S/C16H13ClF4N2O3S/c17-10-6-11(18)9(5-13(10)27(25,26)8-3-1-2-4-8)15-12(24)7-14(22-23-15)16(19,20)21/h5-8H,1-4H2,(H,22,24). The lowest BCUT2D eigenvalue weighted by atomic mass is 10.1. The highest BCUT2D eigenvalue weighted by atomic mass is 35.5. The van der Waals surface area contributed by atoms with Crippen LogP contribution in [0.1, 0.15) is 31.4 Å². The van der Waals surface area contributed by atoms with Crippen LogP contribution in [-0.4, -0.2) is 23.9 Å². The molecule has 3 rings (SSSR count). The minimum Gasteiger partial charge on any atom is -0.287 e. The smallest absolute Gasteiger partial charge is 0.287 e. The Morgan fingerprint density at radius 1 is 1.15 bits per heavy atom. The zero-order chi connectivity index (χ0) is 20.0. The molecule has 11 heteroatoms. The summed E-state index contributed by atoms with van der Waals surface area (Å²) < 4.78 is 77.8. The number of nitrogens with one attached hydrogen (secondary N) is 1. The van der Waals surface area contributed by atoms with Gasteiger partial charge in [0.1, 0.15) is 17.2 Å². The molecule has 0 aliphatic heterocycles. The number of H-pyrrole nitrogens is 1. The molecule has 1 heterocycles. The number of hydrogen-bond donors (Lipinski definition) is 1. The number of benzene rings is 1. The van der Waals surface area contributed by atoms with Crippen LogP contribution in [0.4, 0.5) is 17.6 Å². The normalized spacial score (nSPS) is 16.0. The van der Waals surface area contributed by atoms with Crippen molar-refractivity contribution >= 4 is 21.4 Å². The monoisotopic (exact) mass is 424 g/mol. The van der Waals surface area contributed by atoms with E-state index in [-0.39, 0.29) is 16.0 Å². The molecule has 2 aromatic rings. The zero-order valence-corrected chi connectivity index (χ0v) is 15.2. The van der Waals surface area contributed by atoms with E-state index in [0.29, 0.717) is 12.8 Å². The van der Waals surface area contributed by atoms with Crippen molar-refractivity contribution in [2.45, 2.75) is 42.0 Å². The lowest BCUT2D eigenvalue weighted by Crippen LogP contribution is -2.20. The molecule has 27 heavy (non-hydrogen) atoms. The second-order valence-electron chi connectivity index (χ2n) is 6.21. The van der Waals surface area contributed by atoms with Gasteiger partial charge in [-0.25, -0.2) is 12.8 Å². The van der Waals surface area contributed by atoms with Crippen LogP contribution in [0.2, 0.25) is 5.02 Å². The number of nitrogens with zero attached hydrogens (tertiary/aromatic N) is 1. The molecule has 0 amide bonds. The van der Waals surface area contributed by atoms with Crippen molar-refractivity contribution in [2.75, 3.05) is 0 Å². The topological polar surface area (TPSA) is 79.9 Å². The van der Waals surface area contributed by atoms with E-state index in [9.17, 15) is 30.8 Å². The summed E-state index contributed by atoms with van der Waals surface area (Å²) in [5.74, 6) is -1.07. The molecule has 0 radical (unpaired) electrons. The molecule has 0 atom stereocenters. The van der Waals surface area contributed by atoms with Gasteiger partial charge in [0.15, 0.2) is 9.84 Å². The minimum atomic E-state index is -4.83. The van der Waals surface area contributed by atoms with E-state index in [0.717, 1.165) is 25.0 Å². The third-order valence-electron chi connectivity index (χ3n) is 4.43. The van der Waals surface area contributed by atoms with Gasteiger partial charge >= 0.3 is 6.18 Å². The van der Waals surface area contributed by atoms with Crippen molar-refractivity contribution in [2.24, 2.45) is 0 Å². The molecule has 0 spiro atoms. The summed E-state index contributed by atoms with van der Waals surface area (Å²) in [4.78, 5) is 11.6. The molecule has 0 bridgehead atoms. The first kappa shape index (κ1) is 19.8. The molecular weight excluding hydrogens is 412 g/mol. The number of aromatic amines is 1. The summed E-state index contributed by atoms with van der Waals surface area (Å²) in [6.45, 7) is 0. The Balaban J connectivity index is 2.14. The highest BCUT2D eigenvalue weighted by Crippen LogP contribution is 2.36. The van der Waals surface area contributed by atoms with Crippen molar-refractivity contribution in [1.29, 1.82) is 0 Å². The van der Waals surface area contributed by atoms with Gasteiger partial charge < -0.3 is 0 Å². The first-order valence-corrected chi connectivity index (χ1v) is 9.84. The summed E-state index contributed by atoms with van der Waals surface area (Å²) in [7, 11) is -3.88. The lowest BCUT2D eigenvalue weighted by molar-refractivity contribution is -0.141. The molecule has 0 unspecified atom stereocenters. The van der Waals surface area contributed by atoms with Crippen LogP contribution in [0, 0.1) is 5.82 Å². The number of halogens is 5. The number of aromatic nitrogens is 2. The maximum absolute atomic E-state index is 14.3. The van der Waals surface area contributed by atoms with Crippen molar-refractivity contribution in [3.8, 4) is 11.3 Å². The summed E-state index contributed by atoms with van der Waals surface area (Å²) in [6, 6.07) is 1.81. The fourth-order valence-electron chi connectivity index (χ4n) is 3.05. The van der Waals surface area contributed by atoms with Crippen molar-refractivity contribution in [3.63, 3.8) is 0 Å². The van der Waals surface area contributed by atoms with Gasteiger partial charge in [0.05, 0.1) is 15.2 Å². The van der Waals surface area contributed by atoms with E-state index < -0.39 is 49.5 Å². The molecule has 1 saturated carbocycles. The Morgan fingerprint density at radius 3 is 2.33 bits per heavy atom. The van der Waals surface area contributed by atoms with Crippen molar-refractivity contribution < 1.29 is 26.0 Å². The zero-order valence-electron chi connectivity index (χ0n) is 13.6. The van der Waals surface area contributed by atoms with Crippen LogP contribution >= 0.6 is 11.6 Å². The molecule has 1 fully saturated rings. The summed E-state index contributed by atoms with van der Waals surface area (Å²) in [6.07, 6.45) is -2.50. The average Bonchev–Trinajstić information content (AvgIpc) is 3.09. The summed E-state index contributed by atoms with van der Waals surface area (Å²) in [5, 5.41) is 3.91. The molecule has 146 valence electrons. The van der Waals surface area contributed by atoms with Crippen LogP contribution in [0.25, 0.3) is 11.3 Å². The molecule has 5 nitrogen and oxygen atoms in total. The molecule has 1 N–H and O–H groups in total. The number of hydrogen-bond acceptors (Lipinski definition) is 4. The highest BCUT2D eigenvalue weighted by molar-refractivity contribution is 7.92. The maximum atomic E-state index is 14.3. The lowest BCUT2D eigenvalue weighted by Gasteiger charge is -2.14. The minimum absolute atomic E-state index is 0.238. The molecular formula is C16H13ClF4N2O3S. The van der Waals surface area contributed by atoms with Crippen molar-refractivity contribution in [1.82, 2.24) is 10.2 Å². The molecule has 1 aromatic carbocycles. The summed E-state index contributed by atoms with van der Waals surface area (Å²) in [5.41, 5.74) is -3.80. The van der Waals surface area contributed by atoms with Crippen LogP contribution in [0.5, 0.6) is 0 Å². The van der Waals surface area contributed by atoms with E-state index in [2.05, 4.69) is 5.10 Å². The second kappa shape index (κ2) is 6.90. The third kappa shape index (κ3) is 3.73. The first-order valence-electron chi connectivity index (χ1n) is 7.92. The molecule has 1 aliphatic carbocycles. The maximum Gasteiger partial charge on any atom is 0.432 e. The SMILES string of the molecule is O=c1cc(C(F)(F)F)[nH]nc1-c1cc(S(=O)(=O)C2CCCC2)c(Cl)cc1F. The van der Waals surface area contributed by atoms with Crippen LogP contribution in [0.3, 0.4) is 0 Å². The second-order valence-corrected chi connectivity index (χ2v) is 8.81. The number of alkyl halides is 3. The Bertz CT molecular complexity index is 1040. The number of sulfone groups is 1. The van der Waals surface area contributed by atoms with Gasteiger partial charge in [-0.05, 0) is 25.0 Å². The quantitative estimate of drug-likeness (QED) is 0.597. The fourth-order valence-corrected chi connectivity index (χ4v) is 5.45. The van der Waals surface area contributed by atoms with Gasteiger partial charge in [0, 0.05) is 11.6 Å². The van der Waals surface area contributed by atoms with E-state index in [1.54, 1.807) is 5.10 Å². The van der Waals surface area contributed by atoms with E-state index in [1.807, 2.05) is 0 Å². The predicted octanol–water partition coefficient (Wildman–Crippen LogP) is 3.96. The molecule has 0 saturated heterocycles. The molecule has 1 aliphatic rings. The average molecular weight is 425 g/mol.